The lowest BCUT2D eigenvalue weighted by atomic mass is 10.0. The van der Waals surface area contributed by atoms with Gasteiger partial charge in [-0.3, -0.25) is 9.59 Å². The fourth-order valence-corrected chi connectivity index (χ4v) is 5.25. The fourth-order valence-electron chi connectivity index (χ4n) is 4.21. The number of hydrogen-bond donors (Lipinski definition) is 1. The molecule has 1 aliphatic rings. The summed E-state index contributed by atoms with van der Waals surface area (Å²) in [4.78, 5) is 33.4. The molecular formula is C26H30N4O2S. The molecule has 0 aliphatic carbocycles. The van der Waals surface area contributed by atoms with Crippen LogP contribution in [0.15, 0.2) is 51.9 Å². The van der Waals surface area contributed by atoms with Crippen LogP contribution >= 0.6 is 11.3 Å². The quantitative estimate of drug-likeness (QED) is 0.526. The first-order chi connectivity index (χ1) is 15.9. The fraction of sp³-hybridized carbons (Fsp3) is 0.346. The van der Waals surface area contributed by atoms with Crippen LogP contribution in [0.1, 0.15) is 45.6 Å². The number of aryl methyl sites for hydroxylation is 1. The van der Waals surface area contributed by atoms with E-state index in [1.54, 1.807) is 15.9 Å². The summed E-state index contributed by atoms with van der Waals surface area (Å²) in [5, 5.41) is 0.733. The Bertz CT molecular complexity index is 1310. The highest BCUT2D eigenvalue weighted by atomic mass is 32.1. The summed E-state index contributed by atoms with van der Waals surface area (Å²) in [6.07, 6.45) is 5.94. The third-order valence-corrected chi connectivity index (χ3v) is 6.98. The van der Waals surface area contributed by atoms with Gasteiger partial charge < -0.3 is 15.2 Å². The summed E-state index contributed by atoms with van der Waals surface area (Å²) in [6, 6.07) is 9.95. The average Bonchev–Trinajstić information content (AvgIpc) is 3.17. The van der Waals surface area contributed by atoms with Gasteiger partial charge in [-0.05, 0) is 49.6 Å². The van der Waals surface area contributed by atoms with Gasteiger partial charge in [0.2, 0.25) is 5.91 Å². The lowest BCUT2D eigenvalue weighted by Crippen LogP contribution is -2.34. The molecule has 0 bridgehead atoms. The zero-order chi connectivity index (χ0) is 23.5. The maximum atomic E-state index is 13.2. The van der Waals surface area contributed by atoms with Crippen LogP contribution in [-0.4, -0.2) is 34.3 Å². The molecule has 0 radical (unpaired) electrons. The third kappa shape index (κ3) is 4.64. The molecule has 1 aliphatic heterocycles. The van der Waals surface area contributed by atoms with Crippen molar-refractivity contribution in [1.82, 2.24) is 9.47 Å². The summed E-state index contributed by atoms with van der Waals surface area (Å²) in [5.41, 5.74) is 9.54. The van der Waals surface area contributed by atoms with Crippen LogP contribution in [0, 0.1) is 0 Å². The lowest BCUT2D eigenvalue weighted by molar-refractivity contribution is -0.127. The number of carbonyl (C=O) groups excluding carboxylic acids is 1. The standard InChI is InChI=1S/C26H30N4O2S/c1-4-10-30(11-5-2)25(31)19-13-17-7-8-18(14-21(17)28-24(27)15-19)23-16-20-22(33-23)9-12-29(6-3)26(20)32/h7-9,12-14,16H,4-6,10-11,15H2,1-3H3,(H2,27,28). The molecule has 3 heterocycles. The van der Waals surface area contributed by atoms with Gasteiger partial charge in [-0.1, -0.05) is 26.0 Å². The Kier molecular flexibility index (Phi) is 6.79. The first-order valence-corrected chi connectivity index (χ1v) is 12.4. The number of thiophene rings is 1. The minimum Gasteiger partial charge on any atom is -0.387 e. The zero-order valence-electron chi connectivity index (χ0n) is 19.4. The van der Waals surface area contributed by atoms with Gasteiger partial charge in [0.1, 0.15) is 5.84 Å². The molecule has 6 nitrogen and oxygen atoms in total. The van der Waals surface area contributed by atoms with Crippen LogP contribution in [0.5, 0.6) is 0 Å². The molecule has 0 unspecified atom stereocenters. The van der Waals surface area contributed by atoms with Crippen molar-refractivity contribution in [2.75, 3.05) is 13.1 Å². The van der Waals surface area contributed by atoms with Crippen molar-refractivity contribution in [3.63, 3.8) is 0 Å². The van der Waals surface area contributed by atoms with Gasteiger partial charge >= 0.3 is 0 Å². The second kappa shape index (κ2) is 9.75. The van der Waals surface area contributed by atoms with Crippen molar-refractivity contribution in [3.05, 3.63) is 58.0 Å². The highest BCUT2D eigenvalue weighted by molar-refractivity contribution is 7.22. The predicted molar refractivity (Wildman–Crippen MR) is 138 cm³/mol. The molecule has 2 N–H and O–H groups in total. The summed E-state index contributed by atoms with van der Waals surface area (Å²) in [6.45, 7) is 8.24. The topological polar surface area (TPSA) is 80.7 Å². The second-order valence-corrected chi connectivity index (χ2v) is 9.39. The third-order valence-electron chi connectivity index (χ3n) is 5.83. The van der Waals surface area contributed by atoms with E-state index >= 15 is 0 Å². The van der Waals surface area contributed by atoms with E-state index in [9.17, 15) is 9.59 Å². The predicted octanol–water partition coefficient (Wildman–Crippen LogP) is 5.17. The van der Waals surface area contributed by atoms with Crippen LogP contribution in [-0.2, 0) is 11.3 Å². The number of carbonyl (C=O) groups is 1. The number of aliphatic imine (C=N–C) groups is 1. The minimum absolute atomic E-state index is 0.0318. The molecule has 3 aromatic rings. The number of hydrogen-bond acceptors (Lipinski definition) is 5. The Hall–Kier alpha value is -3.19. The molecule has 1 amide bonds. The Morgan fingerprint density at radius 1 is 1.15 bits per heavy atom. The van der Waals surface area contributed by atoms with Crippen LogP contribution in [0.25, 0.3) is 26.6 Å². The van der Waals surface area contributed by atoms with Gasteiger partial charge in [-0.15, -0.1) is 11.3 Å². The number of amidine groups is 1. The molecule has 0 saturated carbocycles. The van der Waals surface area contributed by atoms with Crippen LogP contribution in [0.3, 0.4) is 0 Å². The van der Waals surface area contributed by atoms with Crippen molar-refractivity contribution >= 4 is 44.9 Å². The molecular weight excluding hydrogens is 432 g/mol. The number of pyridine rings is 1. The Labute approximate surface area is 198 Å². The maximum absolute atomic E-state index is 13.2. The van der Waals surface area contributed by atoms with E-state index in [1.807, 2.05) is 54.4 Å². The number of nitrogens with zero attached hydrogens (tertiary/aromatic N) is 3. The molecule has 7 heteroatoms. The normalized spacial score (nSPS) is 13.3. The van der Waals surface area contributed by atoms with E-state index in [4.69, 9.17) is 5.73 Å². The number of amides is 1. The Morgan fingerprint density at radius 2 is 1.91 bits per heavy atom. The first kappa shape index (κ1) is 23.0. The summed E-state index contributed by atoms with van der Waals surface area (Å²) < 4.78 is 2.68. The molecule has 4 rings (SSSR count). The van der Waals surface area contributed by atoms with Crippen molar-refractivity contribution in [2.24, 2.45) is 10.7 Å². The van der Waals surface area contributed by atoms with E-state index in [-0.39, 0.29) is 11.5 Å². The molecule has 33 heavy (non-hydrogen) atoms. The molecule has 0 fully saturated rings. The second-order valence-electron chi connectivity index (χ2n) is 8.31. The van der Waals surface area contributed by atoms with Gasteiger partial charge in [-0.2, -0.15) is 0 Å². The SMILES string of the molecule is CCCN(CCC)C(=O)C1=Cc2ccc(-c3cc4c(=O)n(CC)ccc4s3)cc2N=C(N)C1. The number of fused-ring (bicyclic) bond motifs is 2. The smallest absolute Gasteiger partial charge is 0.259 e. The van der Waals surface area contributed by atoms with E-state index in [0.29, 0.717) is 24.4 Å². The lowest BCUT2D eigenvalue weighted by Gasteiger charge is -2.22. The largest absolute Gasteiger partial charge is 0.387 e. The van der Waals surface area contributed by atoms with Gasteiger partial charge in [-0.25, -0.2) is 4.99 Å². The van der Waals surface area contributed by atoms with Gasteiger partial charge in [0.25, 0.3) is 5.56 Å². The first-order valence-electron chi connectivity index (χ1n) is 11.5. The highest BCUT2D eigenvalue weighted by Gasteiger charge is 2.21. The maximum Gasteiger partial charge on any atom is 0.259 e. The molecule has 0 saturated heterocycles. The van der Waals surface area contributed by atoms with Crippen LogP contribution in [0.2, 0.25) is 0 Å². The van der Waals surface area contributed by atoms with Crippen LogP contribution < -0.4 is 11.3 Å². The summed E-state index contributed by atoms with van der Waals surface area (Å²) in [7, 11) is 0. The Morgan fingerprint density at radius 3 is 2.61 bits per heavy atom. The van der Waals surface area contributed by atoms with E-state index in [1.165, 1.54) is 0 Å². The van der Waals surface area contributed by atoms with Crippen molar-refractivity contribution in [1.29, 1.82) is 0 Å². The van der Waals surface area contributed by atoms with Crippen molar-refractivity contribution in [2.45, 2.75) is 46.6 Å². The van der Waals surface area contributed by atoms with Crippen molar-refractivity contribution < 1.29 is 4.79 Å². The Balaban J connectivity index is 1.72. The molecule has 2 aromatic heterocycles. The molecule has 172 valence electrons. The molecule has 0 spiro atoms. The van der Waals surface area contributed by atoms with Gasteiger partial charge in [0, 0.05) is 53.0 Å². The zero-order valence-corrected chi connectivity index (χ0v) is 20.2. The van der Waals surface area contributed by atoms with E-state index in [2.05, 4.69) is 18.8 Å². The van der Waals surface area contributed by atoms with E-state index in [0.717, 1.165) is 57.7 Å². The number of benzene rings is 1. The summed E-state index contributed by atoms with van der Waals surface area (Å²) in [5.74, 6) is 0.464. The number of nitrogens with two attached hydrogens (primary N) is 1. The molecule has 1 aromatic carbocycles. The minimum atomic E-state index is 0.0318. The summed E-state index contributed by atoms with van der Waals surface area (Å²) >= 11 is 1.59. The monoisotopic (exact) mass is 462 g/mol. The van der Waals surface area contributed by atoms with Crippen LogP contribution in [0.4, 0.5) is 5.69 Å². The van der Waals surface area contributed by atoms with E-state index < -0.39 is 0 Å². The molecule has 0 atom stereocenters. The van der Waals surface area contributed by atoms with Gasteiger partial charge in [0.15, 0.2) is 0 Å². The van der Waals surface area contributed by atoms with Gasteiger partial charge in [0.05, 0.1) is 11.1 Å². The highest BCUT2D eigenvalue weighted by Crippen LogP contribution is 2.36. The number of rotatable bonds is 7. The van der Waals surface area contributed by atoms with Crippen molar-refractivity contribution in [3.8, 4) is 10.4 Å². The number of aromatic nitrogens is 1. The average molecular weight is 463 g/mol.